The third kappa shape index (κ3) is 5.55. The molecule has 1 N–H and O–H groups in total. The number of benzene rings is 1. The fraction of sp³-hybridized carbons (Fsp3) is 0.556. The summed E-state index contributed by atoms with van der Waals surface area (Å²) >= 11 is 0. The van der Waals surface area contributed by atoms with E-state index < -0.39 is 35.8 Å². The fourth-order valence-electron chi connectivity index (χ4n) is 2.86. The van der Waals surface area contributed by atoms with E-state index in [1.54, 1.807) is 17.9 Å². The minimum Gasteiger partial charge on any atom is -0.477 e. The first kappa shape index (κ1) is 22.9. The lowest BCUT2D eigenvalue weighted by molar-refractivity contribution is -0.200. The van der Waals surface area contributed by atoms with Crippen LogP contribution in [-0.2, 0) is 22.0 Å². The van der Waals surface area contributed by atoms with Gasteiger partial charge in [0, 0.05) is 38.3 Å². The highest BCUT2D eigenvalue weighted by Gasteiger charge is 2.43. The van der Waals surface area contributed by atoms with E-state index in [9.17, 15) is 31.5 Å². The summed E-state index contributed by atoms with van der Waals surface area (Å²) in [7, 11) is 0. The predicted molar refractivity (Wildman–Crippen MR) is 91.6 cm³/mol. The molecule has 0 aliphatic carbocycles. The van der Waals surface area contributed by atoms with Gasteiger partial charge >= 0.3 is 24.2 Å². The Morgan fingerprint density at radius 3 is 2.24 bits per heavy atom. The van der Waals surface area contributed by atoms with Crippen LogP contribution in [0.15, 0.2) is 18.2 Å². The highest BCUT2D eigenvalue weighted by atomic mass is 19.4. The number of aliphatic carboxylic acids is 1. The van der Waals surface area contributed by atoms with Crippen molar-refractivity contribution in [1.29, 1.82) is 0 Å². The SMILES string of the molecule is Cc1ccc(CN2CCN(C(=O)OC(C)C(F)(F)F)CC2)c(C(F)(F)C(=O)O)c1. The van der Waals surface area contributed by atoms with Crippen molar-refractivity contribution in [2.45, 2.75) is 38.6 Å². The number of aryl methyl sites for hydroxylation is 1. The van der Waals surface area contributed by atoms with Crippen LogP contribution in [0.2, 0.25) is 0 Å². The average molecular weight is 424 g/mol. The van der Waals surface area contributed by atoms with Crippen LogP contribution < -0.4 is 0 Å². The molecule has 1 fully saturated rings. The average Bonchev–Trinajstić information content (AvgIpc) is 2.62. The van der Waals surface area contributed by atoms with Crippen molar-refractivity contribution in [3.8, 4) is 0 Å². The van der Waals surface area contributed by atoms with Crippen LogP contribution in [0.4, 0.5) is 26.7 Å². The minimum atomic E-state index is -4.66. The molecule has 29 heavy (non-hydrogen) atoms. The van der Waals surface area contributed by atoms with Crippen molar-refractivity contribution >= 4 is 12.1 Å². The third-order valence-corrected chi connectivity index (χ3v) is 4.64. The quantitative estimate of drug-likeness (QED) is 0.734. The standard InChI is InChI=1S/C18H21F5N2O4/c1-11-3-4-13(14(9-11)17(19,20)15(26)27)10-24-5-7-25(8-6-24)16(28)29-12(2)18(21,22)23/h3-4,9,12H,5-8,10H2,1-2H3,(H,26,27). The largest absolute Gasteiger partial charge is 0.477 e. The summed E-state index contributed by atoms with van der Waals surface area (Å²) in [5.41, 5.74) is 0.00610. The predicted octanol–water partition coefficient (Wildman–Crippen LogP) is 3.38. The van der Waals surface area contributed by atoms with Gasteiger partial charge in [-0.05, 0) is 25.5 Å². The van der Waals surface area contributed by atoms with Gasteiger partial charge in [0.05, 0.1) is 0 Å². The summed E-state index contributed by atoms with van der Waals surface area (Å²) in [5.74, 6) is -6.31. The van der Waals surface area contributed by atoms with Crippen LogP contribution in [0, 0.1) is 6.92 Å². The molecule has 162 valence electrons. The number of rotatable bonds is 5. The molecule has 0 spiro atoms. The molecule has 1 heterocycles. The smallest absolute Gasteiger partial charge is 0.425 e. The Morgan fingerprint density at radius 2 is 1.72 bits per heavy atom. The number of hydrogen-bond acceptors (Lipinski definition) is 4. The Labute approximate surface area is 163 Å². The highest BCUT2D eigenvalue weighted by Crippen LogP contribution is 2.32. The molecule has 1 atom stereocenters. The summed E-state index contributed by atoms with van der Waals surface area (Å²) in [4.78, 5) is 25.6. The number of carbonyl (C=O) groups excluding carboxylic acids is 1. The monoisotopic (exact) mass is 424 g/mol. The van der Waals surface area contributed by atoms with E-state index in [0.29, 0.717) is 5.56 Å². The maximum absolute atomic E-state index is 14.1. The van der Waals surface area contributed by atoms with Gasteiger partial charge in [-0.3, -0.25) is 4.90 Å². The Kier molecular flexibility index (Phi) is 6.71. The molecule has 1 aliphatic heterocycles. The Morgan fingerprint density at radius 1 is 1.14 bits per heavy atom. The number of piperazine rings is 1. The normalized spacial score (nSPS) is 17.1. The van der Waals surface area contributed by atoms with Crippen molar-refractivity contribution in [3.63, 3.8) is 0 Å². The highest BCUT2D eigenvalue weighted by molar-refractivity contribution is 5.78. The zero-order chi connectivity index (χ0) is 22.0. The number of nitrogens with zero attached hydrogens (tertiary/aromatic N) is 2. The first-order valence-corrected chi connectivity index (χ1v) is 8.78. The van der Waals surface area contributed by atoms with E-state index in [-0.39, 0.29) is 38.3 Å². The van der Waals surface area contributed by atoms with E-state index in [2.05, 4.69) is 4.74 Å². The van der Waals surface area contributed by atoms with Gasteiger partial charge in [0.25, 0.3) is 0 Å². The zero-order valence-electron chi connectivity index (χ0n) is 15.8. The first-order chi connectivity index (χ1) is 13.3. The summed E-state index contributed by atoms with van der Waals surface area (Å²) in [5, 5.41) is 8.84. The lowest BCUT2D eigenvalue weighted by atomic mass is 9.98. The molecule has 0 bridgehead atoms. The van der Waals surface area contributed by atoms with Gasteiger partial charge in [0.1, 0.15) is 0 Å². The number of ether oxygens (including phenoxy) is 1. The number of hydrogen-bond donors (Lipinski definition) is 1. The molecule has 0 aromatic heterocycles. The van der Waals surface area contributed by atoms with Crippen LogP contribution in [0.25, 0.3) is 0 Å². The number of carbonyl (C=O) groups is 2. The molecular formula is C18H21F5N2O4. The van der Waals surface area contributed by atoms with Gasteiger partial charge in [-0.15, -0.1) is 0 Å². The van der Waals surface area contributed by atoms with Gasteiger partial charge in [-0.25, -0.2) is 9.59 Å². The molecule has 1 aromatic rings. The molecule has 1 amide bonds. The molecule has 0 radical (unpaired) electrons. The second-order valence-corrected chi connectivity index (χ2v) is 6.87. The second kappa shape index (κ2) is 8.52. The number of halogens is 5. The van der Waals surface area contributed by atoms with E-state index in [4.69, 9.17) is 5.11 Å². The van der Waals surface area contributed by atoms with Crippen molar-refractivity contribution in [3.05, 3.63) is 34.9 Å². The lowest BCUT2D eigenvalue weighted by Gasteiger charge is -2.35. The topological polar surface area (TPSA) is 70.1 Å². The number of amides is 1. The first-order valence-electron chi connectivity index (χ1n) is 8.78. The van der Waals surface area contributed by atoms with Gasteiger partial charge in [0.2, 0.25) is 0 Å². The van der Waals surface area contributed by atoms with Crippen molar-refractivity contribution in [2.75, 3.05) is 26.2 Å². The zero-order valence-corrected chi connectivity index (χ0v) is 15.8. The van der Waals surface area contributed by atoms with Crippen molar-refractivity contribution in [1.82, 2.24) is 9.80 Å². The molecule has 1 aromatic carbocycles. The Hall–Kier alpha value is -2.43. The number of carboxylic acid groups (broad SMARTS) is 1. The molecule has 6 nitrogen and oxygen atoms in total. The van der Waals surface area contributed by atoms with Gasteiger partial charge in [-0.2, -0.15) is 22.0 Å². The van der Waals surface area contributed by atoms with Crippen molar-refractivity contribution in [2.24, 2.45) is 0 Å². The van der Waals surface area contributed by atoms with E-state index in [1.165, 1.54) is 6.07 Å². The minimum absolute atomic E-state index is 0.0142. The van der Waals surface area contributed by atoms with E-state index in [0.717, 1.165) is 17.9 Å². The Bertz CT molecular complexity index is 761. The summed E-state index contributed by atoms with van der Waals surface area (Å²) < 4.78 is 70.0. The maximum Gasteiger partial charge on any atom is 0.425 e. The molecule has 2 rings (SSSR count). The molecule has 1 aliphatic rings. The lowest BCUT2D eigenvalue weighted by Crippen LogP contribution is -2.49. The second-order valence-electron chi connectivity index (χ2n) is 6.87. The molecule has 11 heteroatoms. The Balaban J connectivity index is 2.02. The van der Waals surface area contributed by atoms with Crippen LogP contribution in [0.1, 0.15) is 23.6 Å². The van der Waals surface area contributed by atoms with Crippen LogP contribution in [0.3, 0.4) is 0 Å². The van der Waals surface area contributed by atoms with Crippen LogP contribution in [-0.4, -0.2) is 65.4 Å². The molecule has 0 saturated carbocycles. The van der Waals surface area contributed by atoms with E-state index in [1.807, 2.05) is 0 Å². The maximum atomic E-state index is 14.1. The van der Waals surface area contributed by atoms with Gasteiger partial charge < -0.3 is 14.7 Å². The molecular weight excluding hydrogens is 403 g/mol. The number of carboxylic acids is 1. The van der Waals surface area contributed by atoms with Crippen molar-refractivity contribution < 1.29 is 41.4 Å². The molecule has 1 unspecified atom stereocenters. The summed E-state index contributed by atoms with van der Waals surface area (Å²) in [6.45, 7) is 2.84. The summed E-state index contributed by atoms with van der Waals surface area (Å²) in [6.07, 6.45) is -7.99. The van der Waals surface area contributed by atoms with Gasteiger partial charge in [-0.1, -0.05) is 17.7 Å². The molecule has 1 saturated heterocycles. The van der Waals surface area contributed by atoms with E-state index >= 15 is 0 Å². The van der Waals surface area contributed by atoms with Crippen LogP contribution in [0.5, 0.6) is 0 Å². The van der Waals surface area contributed by atoms with Gasteiger partial charge in [0.15, 0.2) is 6.10 Å². The van der Waals surface area contributed by atoms with Crippen LogP contribution >= 0.6 is 0 Å². The fourth-order valence-corrected chi connectivity index (χ4v) is 2.86. The summed E-state index contributed by atoms with van der Waals surface area (Å²) in [6, 6.07) is 4.13. The third-order valence-electron chi connectivity index (χ3n) is 4.64. The number of alkyl halides is 5.